The van der Waals surface area contributed by atoms with E-state index in [1.165, 1.54) is 4.90 Å². The predicted octanol–water partition coefficient (Wildman–Crippen LogP) is 3.76. The lowest BCUT2D eigenvalue weighted by atomic mass is 9.99. The summed E-state index contributed by atoms with van der Waals surface area (Å²) in [6.45, 7) is 10.9. The highest BCUT2D eigenvalue weighted by Crippen LogP contribution is 2.38. The molecule has 0 N–H and O–H groups in total. The molecule has 27 heavy (non-hydrogen) atoms. The van der Waals surface area contributed by atoms with E-state index >= 15 is 0 Å². The summed E-state index contributed by atoms with van der Waals surface area (Å²) in [4.78, 5) is 39.3. The summed E-state index contributed by atoms with van der Waals surface area (Å²) in [6.07, 6.45) is 0.187. The molecule has 0 radical (unpaired) electrons. The second kappa shape index (κ2) is 8.55. The SMILES string of the molecule is CCCC(=O)c1ccc2c(c1)N(C(C)C(=O)OC(C)C)C(=O)C(C(C)C)O2. The number of anilines is 1. The molecular formula is C21H29NO5. The first-order chi connectivity index (χ1) is 12.7. The van der Waals surface area contributed by atoms with Crippen LogP contribution in [0.2, 0.25) is 0 Å². The van der Waals surface area contributed by atoms with E-state index in [2.05, 4.69) is 0 Å². The van der Waals surface area contributed by atoms with Gasteiger partial charge >= 0.3 is 5.97 Å². The maximum absolute atomic E-state index is 13.1. The quantitative estimate of drug-likeness (QED) is 0.536. The zero-order chi connectivity index (χ0) is 20.3. The van der Waals surface area contributed by atoms with Crippen LogP contribution in [0.1, 0.15) is 64.7 Å². The Morgan fingerprint density at radius 1 is 1.19 bits per heavy atom. The minimum Gasteiger partial charge on any atom is -0.478 e. The lowest BCUT2D eigenvalue weighted by molar-refractivity contribution is -0.150. The average molecular weight is 375 g/mol. The third kappa shape index (κ3) is 4.49. The van der Waals surface area contributed by atoms with Crippen LogP contribution in [0.3, 0.4) is 0 Å². The Labute approximate surface area is 160 Å². The van der Waals surface area contributed by atoms with Crippen LogP contribution in [0.5, 0.6) is 5.75 Å². The Kier molecular flexibility index (Phi) is 6.63. The lowest BCUT2D eigenvalue weighted by Gasteiger charge is -2.38. The molecule has 1 aliphatic heterocycles. The van der Waals surface area contributed by atoms with Crippen molar-refractivity contribution in [3.05, 3.63) is 23.8 Å². The largest absolute Gasteiger partial charge is 0.478 e. The Balaban J connectivity index is 2.49. The second-order valence-electron chi connectivity index (χ2n) is 7.51. The molecule has 0 bridgehead atoms. The van der Waals surface area contributed by atoms with Crippen LogP contribution in [0.15, 0.2) is 18.2 Å². The van der Waals surface area contributed by atoms with Gasteiger partial charge in [-0.25, -0.2) is 4.79 Å². The molecule has 2 unspecified atom stereocenters. The van der Waals surface area contributed by atoms with Crippen LogP contribution >= 0.6 is 0 Å². The molecule has 148 valence electrons. The number of nitrogens with zero attached hydrogens (tertiary/aromatic N) is 1. The standard InChI is InChI=1S/C21H29NO5/c1-7-8-17(23)15-9-10-18-16(11-15)22(14(6)21(25)26-13(4)5)20(24)19(27-18)12(2)3/h9-14,19H,7-8H2,1-6H3. The second-order valence-corrected chi connectivity index (χ2v) is 7.51. The van der Waals surface area contributed by atoms with Crippen molar-refractivity contribution in [2.24, 2.45) is 5.92 Å². The van der Waals surface area contributed by atoms with Gasteiger partial charge in [0, 0.05) is 12.0 Å². The van der Waals surface area contributed by atoms with E-state index in [-0.39, 0.29) is 23.7 Å². The van der Waals surface area contributed by atoms with Crippen LogP contribution in [-0.2, 0) is 14.3 Å². The molecule has 0 aliphatic carbocycles. The summed E-state index contributed by atoms with van der Waals surface area (Å²) in [5, 5.41) is 0. The Hall–Kier alpha value is -2.37. The molecule has 1 amide bonds. The normalized spacial score (nSPS) is 17.6. The van der Waals surface area contributed by atoms with Crippen molar-refractivity contribution in [3.63, 3.8) is 0 Å². The van der Waals surface area contributed by atoms with Crippen molar-refractivity contribution in [1.82, 2.24) is 0 Å². The molecule has 0 spiro atoms. The average Bonchev–Trinajstić information content (AvgIpc) is 2.59. The Morgan fingerprint density at radius 3 is 2.41 bits per heavy atom. The van der Waals surface area contributed by atoms with E-state index < -0.39 is 18.1 Å². The summed E-state index contributed by atoms with van der Waals surface area (Å²) in [7, 11) is 0. The molecule has 0 fully saturated rings. The number of hydrogen-bond acceptors (Lipinski definition) is 5. The zero-order valence-corrected chi connectivity index (χ0v) is 16.9. The van der Waals surface area contributed by atoms with E-state index in [4.69, 9.17) is 9.47 Å². The first-order valence-electron chi connectivity index (χ1n) is 9.54. The number of carbonyl (C=O) groups excluding carboxylic acids is 3. The third-order valence-corrected chi connectivity index (χ3v) is 4.44. The molecule has 0 saturated carbocycles. The minimum atomic E-state index is -0.819. The molecule has 1 aromatic carbocycles. The number of rotatable bonds is 7. The fourth-order valence-corrected chi connectivity index (χ4v) is 3.05. The molecule has 0 aromatic heterocycles. The zero-order valence-electron chi connectivity index (χ0n) is 16.9. The van der Waals surface area contributed by atoms with E-state index in [1.807, 2.05) is 20.8 Å². The van der Waals surface area contributed by atoms with Gasteiger partial charge < -0.3 is 9.47 Å². The molecule has 1 aliphatic rings. The highest BCUT2D eigenvalue weighted by atomic mass is 16.5. The number of carbonyl (C=O) groups is 3. The van der Waals surface area contributed by atoms with Gasteiger partial charge in [0.2, 0.25) is 0 Å². The van der Waals surface area contributed by atoms with E-state index in [0.29, 0.717) is 23.4 Å². The summed E-state index contributed by atoms with van der Waals surface area (Å²) >= 11 is 0. The number of Topliss-reactive ketones (excluding diaryl/α,β-unsaturated/α-hetero) is 1. The first-order valence-corrected chi connectivity index (χ1v) is 9.54. The smallest absolute Gasteiger partial charge is 0.329 e. The molecule has 6 heteroatoms. The van der Waals surface area contributed by atoms with Gasteiger partial charge in [0.05, 0.1) is 11.8 Å². The van der Waals surface area contributed by atoms with Gasteiger partial charge in [-0.3, -0.25) is 14.5 Å². The summed E-state index contributed by atoms with van der Waals surface area (Å²) in [6, 6.07) is 4.23. The monoisotopic (exact) mass is 375 g/mol. The third-order valence-electron chi connectivity index (χ3n) is 4.44. The van der Waals surface area contributed by atoms with Crippen LogP contribution < -0.4 is 9.64 Å². The van der Waals surface area contributed by atoms with Gasteiger partial charge in [0.1, 0.15) is 11.8 Å². The Morgan fingerprint density at radius 2 is 1.85 bits per heavy atom. The van der Waals surface area contributed by atoms with Gasteiger partial charge in [0.25, 0.3) is 5.91 Å². The summed E-state index contributed by atoms with van der Waals surface area (Å²) < 4.78 is 11.2. The fraction of sp³-hybridized carbons (Fsp3) is 0.571. The number of esters is 1. The van der Waals surface area contributed by atoms with Crippen LogP contribution in [0, 0.1) is 5.92 Å². The fourth-order valence-electron chi connectivity index (χ4n) is 3.05. The van der Waals surface area contributed by atoms with Crippen molar-refractivity contribution in [3.8, 4) is 5.75 Å². The number of fused-ring (bicyclic) bond motifs is 1. The van der Waals surface area contributed by atoms with E-state index in [0.717, 1.165) is 6.42 Å². The summed E-state index contributed by atoms with van der Waals surface area (Å²) in [5.41, 5.74) is 0.941. The van der Waals surface area contributed by atoms with Crippen molar-refractivity contribution in [2.75, 3.05) is 4.90 Å². The topological polar surface area (TPSA) is 72.9 Å². The first kappa shape index (κ1) is 20.9. The molecular weight excluding hydrogens is 346 g/mol. The molecule has 2 atom stereocenters. The highest BCUT2D eigenvalue weighted by Gasteiger charge is 2.41. The lowest BCUT2D eigenvalue weighted by Crippen LogP contribution is -2.54. The maximum Gasteiger partial charge on any atom is 0.329 e. The molecule has 6 nitrogen and oxygen atoms in total. The van der Waals surface area contributed by atoms with Crippen molar-refractivity contribution in [1.29, 1.82) is 0 Å². The van der Waals surface area contributed by atoms with Gasteiger partial charge in [-0.15, -0.1) is 0 Å². The molecule has 2 rings (SSSR count). The Bertz CT molecular complexity index is 725. The minimum absolute atomic E-state index is 0.00362. The van der Waals surface area contributed by atoms with Crippen molar-refractivity contribution < 1.29 is 23.9 Å². The van der Waals surface area contributed by atoms with E-state index in [1.54, 1.807) is 39.0 Å². The highest BCUT2D eigenvalue weighted by molar-refractivity contribution is 6.06. The van der Waals surface area contributed by atoms with Gasteiger partial charge in [-0.1, -0.05) is 20.8 Å². The molecule has 0 saturated heterocycles. The van der Waals surface area contributed by atoms with Crippen LogP contribution in [0.25, 0.3) is 0 Å². The molecule has 1 heterocycles. The van der Waals surface area contributed by atoms with Gasteiger partial charge in [-0.05, 0) is 51.3 Å². The number of ketones is 1. The van der Waals surface area contributed by atoms with Gasteiger partial charge in [-0.2, -0.15) is 0 Å². The maximum atomic E-state index is 13.1. The van der Waals surface area contributed by atoms with Crippen molar-refractivity contribution in [2.45, 2.75) is 72.6 Å². The van der Waals surface area contributed by atoms with Crippen LogP contribution in [0.4, 0.5) is 5.69 Å². The van der Waals surface area contributed by atoms with Gasteiger partial charge in [0.15, 0.2) is 11.9 Å². The molecule has 1 aromatic rings. The number of ether oxygens (including phenoxy) is 2. The number of benzene rings is 1. The number of amides is 1. The van der Waals surface area contributed by atoms with E-state index in [9.17, 15) is 14.4 Å². The van der Waals surface area contributed by atoms with Crippen molar-refractivity contribution >= 4 is 23.3 Å². The predicted molar refractivity (Wildman–Crippen MR) is 103 cm³/mol. The number of hydrogen-bond donors (Lipinski definition) is 0. The summed E-state index contributed by atoms with van der Waals surface area (Å²) in [5.74, 6) is -0.366. The van der Waals surface area contributed by atoms with Crippen LogP contribution in [-0.4, -0.2) is 35.9 Å².